The molecule has 0 saturated carbocycles. The van der Waals surface area contributed by atoms with E-state index in [-0.39, 0.29) is 12.3 Å². The Bertz CT molecular complexity index is 330. The van der Waals surface area contributed by atoms with E-state index in [1.54, 1.807) is 0 Å². The summed E-state index contributed by atoms with van der Waals surface area (Å²) in [6.07, 6.45) is 3.14. The van der Waals surface area contributed by atoms with Crippen molar-refractivity contribution in [2.24, 2.45) is 0 Å². The van der Waals surface area contributed by atoms with Gasteiger partial charge >= 0.3 is 103 Å². The molecule has 1 aromatic carbocycles. The summed E-state index contributed by atoms with van der Waals surface area (Å²) in [5, 5.41) is 0. The molecule has 0 aliphatic carbocycles. The maximum absolute atomic E-state index is 9.83. The van der Waals surface area contributed by atoms with Gasteiger partial charge in [-0.15, -0.1) is 0 Å². The first-order chi connectivity index (χ1) is 7.91. The zero-order valence-corrected chi connectivity index (χ0v) is 11.3. The summed E-state index contributed by atoms with van der Waals surface area (Å²) in [4.78, 5) is 29.5. The second-order valence-electron chi connectivity index (χ2n) is 4.73. The molecule has 0 aliphatic rings. The van der Waals surface area contributed by atoms with Gasteiger partial charge in [-0.05, 0) is 0 Å². The number of rotatable bonds is 7. The van der Waals surface area contributed by atoms with Crippen LogP contribution in [0.15, 0.2) is 30.3 Å². The van der Waals surface area contributed by atoms with Crippen molar-refractivity contribution in [1.29, 1.82) is 0 Å². The van der Waals surface area contributed by atoms with Crippen molar-refractivity contribution in [3.8, 4) is 0 Å². The van der Waals surface area contributed by atoms with E-state index >= 15 is 0 Å². The Labute approximate surface area is 103 Å². The number of hydrogen-bond acceptors (Lipinski definition) is 3. The first-order valence-electron chi connectivity index (χ1n) is 6.20. The fourth-order valence-corrected chi connectivity index (χ4v) is 3.84. The van der Waals surface area contributed by atoms with E-state index in [1.165, 1.54) is 0 Å². The van der Waals surface area contributed by atoms with Crippen LogP contribution in [0.5, 0.6) is 0 Å². The molecule has 0 bridgehead atoms. The van der Waals surface area contributed by atoms with Gasteiger partial charge in [-0.2, -0.15) is 0 Å². The van der Waals surface area contributed by atoms with Crippen molar-refractivity contribution in [1.82, 2.24) is 0 Å². The van der Waals surface area contributed by atoms with E-state index in [0.717, 1.165) is 18.4 Å². The van der Waals surface area contributed by atoms with Gasteiger partial charge in [0.05, 0.1) is 0 Å². The number of hydrogen-bond donors (Lipinski definition) is 3. The van der Waals surface area contributed by atoms with Crippen molar-refractivity contribution >= 4 is 7.28 Å². The summed E-state index contributed by atoms with van der Waals surface area (Å²) in [5.41, 5.74) is 1.16. The zero-order chi connectivity index (χ0) is 12.8. The van der Waals surface area contributed by atoms with E-state index in [2.05, 4.69) is 0 Å². The third kappa shape index (κ3) is 6.13. The van der Waals surface area contributed by atoms with E-state index in [1.807, 2.05) is 37.3 Å². The second-order valence-corrected chi connectivity index (χ2v) is 8.31. The summed E-state index contributed by atoms with van der Waals surface area (Å²) in [7, 11) is -4.34. The average molecular weight is 258 g/mol. The predicted octanol–water partition coefficient (Wildman–Crippen LogP) is 2.69. The molecule has 17 heavy (non-hydrogen) atoms. The Morgan fingerprint density at radius 3 is 2.12 bits per heavy atom. The van der Waals surface area contributed by atoms with Crippen LogP contribution in [0.3, 0.4) is 0 Å². The Morgan fingerprint density at radius 2 is 1.53 bits per heavy atom. The molecule has 1 rings (SSSR count). The molecule has 3 nitrogen and oxygen atoms in total. The Hall–Kier alpha value is -0.470. The van der Waals surface area contributed by atoms with Gasteiger partial charge in [0.15, 0.2) is 0 Å². The predicted molar refractivity (Wildman–Crippen MR) is 73.0 cm³/mol. The Morgan fingerprint density at radius 1 is 0.941 bits per heavy atom. The van der Waals surface area contributed by atoms with Gasteiger partial charge in [0, 0.05) is 0 Å². The van der Waals surface area contributed by atoms with E-state index < -0.39 is 7.28 Å². The molecule has 0 amide bonds. The zero-order valence-electron chi connectivity index (χ0n) is 10.4. The van der Waals surface area contributed by atoms with Crippen molar-refractivity contribution in [2.45, 2.75) is 32.6 Å². The van der Waals surface area contributed by atoms with Crippen LogP contribution >= 0.6 is 7.28 Å². The molecule has 4 heteroatoms. The van der Waals surface area contributed by atoms with Gasteiger partial charge in [0.25, 0.3) is 0 Å². The number of aryl methyl sites for hydroxylation is 1. The maximum atomic E-state index is 9.83. The van der Waals surface area contributed by atoms with Crippen LogP contribution in [0.2, 0.25) is 0 Å². The molecule has 0 saturated heterocycles. The monoisotopic (exact) mass is 258 g/mol. The Balaban J connectivity index is 2.39. The van der Waals surface area contributed by atoms with Crippen molar-refractivity contribution in [2.75, 3.05) is 12.3 Å². The number of benzene rings is 1. The molecule has 0 radical (unpaired) electrons. The SMILES string of the molecule is CCCCP(O)(O)(O)CCCc1ccccc1. The van der Waals surface area contributed by atoms with Crippen LogP contribution < -0.4 is 0 Å². The van der Waals surface area contributed by atoms with Crippen molar-refractivity contribution in [3.63, 3.8) is 0 Å². The van der Waals surface area contributed by atoms with Crippen molar-refractivity contribution in [3.05, 3.63) is 35.9 Å². The van der Waals surface area contributed by atoms with E-state index in [4.69, 9.17) is 0 Å². The van der Waals surface area contributed by atoms with Gasteiger partial charge in [0.2, 0.25) is 0 Å². The normalized spacial score (nSPS) is 14.2. The fraction of sp³-hybridized carbons (Fsp3) is 0.538. The van der Waals surface area contributed by atoms with Crippen LogP contribution in [0.1, 0.15) is 31.7 Å². The fourth-order valence-electron chi connectivity index (χ4n) is 1.85. The minimum atomic E-state index is -4.34. The summed E-state index contributed by atoms with van der Waals surface area (Å²) in [5.74, 6) is 0. The third-order valence-corrected chi connectivity index (χ3v) is 5.36. The molecule has 0 fully saturated rings. The van der Waals surface area contributed by atoms with Gasteiger partial charge in [-0.3, -0.25) is 0 Å². The summed E-state index contributed by atoms with van der Waals surface area (Å²) in [6, 6.07) is 9.89. The molecule has 0 heterocycles. The minimum absolute atomic E-state index is 0.112. The molecule has 1 aromatic rings. The topological polar surface area (TPSA) is 60.7 Å². The van der Waals surface area contributed by atoms with Crippen LogP contribution in [0.25, 0.3) is 0 Å². The molecule has 98 valence electrons. The van der Waals surface area contributed by atoms with Crippen molar-refractivity contribution < 1.29 is 14.7 Å². The summed E-state index contributed by atoms with van der Waals surface area (Å²) in [6.45, 7) is 1.97. The van der Waals surface area contributed by atoms with E-state index in [0.29, 0.717) is 12.8 Å². The molecule has 0 aromatic heterocycles. The molecule has 0 atom stereocenters. The molecule has 0 spiro atoms. The Kier molecular flexibility index (Phi) is 5.08. The first kappa shape index (κ1) is 14.6. The van der Waals surface area contributed by atoms with Crippen LogP contribution in [-0.4, -0.2) is 27.0 Å². The van der Waals surface area contributed by atoms with Crippen LogP contribution in [0.4, 0.5) is 0 Å². The molecule has 3 N–H and O–H groups in total. The molecular formula is C13H23O3P. The number of unbranched alkanes of at least 4 members (excludes halogenated alkanes) is 1. The molecule has 0 unspecified atom stereocenters. The summed E-state index contributed by atoms with van der Waals surface area (Å²) < 4.78 is 0. The van der Waals surface area contributed by atoms with Crippen LogP contribution in [-0.2, 0) is 6.42 Å². The average Bonchev–Trinajstić information content (AvgIpc) is 2.27. The first-order valence-corrected chi connectivity index (χ1v) is 8.67. The molecular weight excluding hydrogens is 235 g/mol. The van der Waals surface area contributed by atoms with Gasteiger partial charge in [-0.1, -0.05) is 0 Å². The molecule has 0 aliphatic heterocycles. The van der Waals surface area contributed by atoms with Gasteiger partial charge < -0.3 is 0 Å². The standard InChI is InChI=1S/C13H23O3P/c1-2-3-11-17(14,15,16)12-7-10-13-8-5-4-6-9-13/h4-6,8-9,14-16H,2-3,7,10-12H2,1H3. The van der Waals surface area contributed by atoms with Gasteiger partial charge in [0.1, 0.15) is 0 Å². The second kappa shape index (κ2) is 5.92. The quantitative estimate of drug-likeness (QED) is 0.659. The van der Waals surface area contributed by atoms with Crippen LogP contribution in [0, 0.1) is 0 Å². The third-order valence-electron chi connectivity index (χ3n) is 2.89. The van der Waals surface area contributed by atoms with Gasteiger partial charge in [-0.25, -0.2) is 0 Å². The van der Waals surface area contributed by atoms with E-state index in [9.17, 15) is 14.7 Å². The summed E-state index contributed by atoms with van der Waals surface area (Å²) >= 11 is 0.